The van der Waals surface area contributed by atoms with Crippen LogP contribution < -0.4 is 10.1 Å². The first-order valence-electron chi connectivity index (χ1n) is 9.36. The van der Waals surface area contributed by atoms with Crippen molar-refractivity contribution in [2.24, 2.45) is 0 Å². The quantitative estimate of drug-likeness (QED) is 0.754. The molecule has 0 aliphatic carbocycles. The molecule has 2 heterocycles. The fourth-order valence-electron chi connectivity index (χ4n) is 3.12. The highest BCUT2D eigenvalue weighted by atomic mass is 16.5. The van der Waals surface area contributed by atoms with Gasteiger partial charge in [0.2, 0.25) is 11.8 Å². The van der Waals surface area contributed by atoms with Gasteiger partial charge in [-0.2, -0.15) is 5.10 Å². The number of aromatic nitrogens is 2. The van der Waals surface area contributed by atoms with Crippen LogP contribution in [0.1, 0.15) is 30.9 Å². The van der Waals surface area contributed by atoms with Gasteiger partial charge in [-0.05, 0) is 30.5 Å². The lowest BCUT2D eigenvalue weighted by molar-refractivity contribution is -0.129. The average molecular weight is 370 g/mol. The highest BCUT2D eigenvalue weighted by molar-refractivity contribution is 5.76. The van der Waals surface area contributed by atoms with Crippen LogP contribution in [0, 0.1) is 0 Å². The Balaban J connectivity index is 1.45. The van der Waals surface area contributed by atoms with Gasteiger partial charge in [0.1, 0.15) is 12.4 Å². The molecule has 144 valence electrons. The second-order valence-corrected chi connectivity index (χ2v) is 6.70. The van der Waals surface area contributed by atoms with Crippen molar-refractivity contribution in [3.8, 4) is 5.75 Å². The number of hydrogen-bond acceptors (Lipinski definition) is 4. The number of amides is 2. The molecule has 0 saturated carbocycles. The Morgan fingerprint density at radius 1 is 1.33 bits per heavy atom. The molecular formula is C20H26N4O3. The predicted molar refractivity (Wildman–Crippen MR) is 101 cm³/mol. The minimum atomic E-state index is 0.0475. The van der Waals surface area contributed by atoms with Crippen LogP contribution in [0.3, 0.4) is 0 Å². The van der Waals surface area contributed by atoms with E-state index in [1.807, 2.05) is 35.1 Å². The summed E-state index contributed by atoms with van der Waals surface area (Å²) in [7, 11) is 0. The zero-order valence-electron chi connectivity index (χ0n) is 15.7. The summed E-state index contributed by atoms with van der Waals surface area (Å²) < 4.78 is 7.58. The molecule has 27 heavy (non-hydrogen) atoms. The van der Waals surface area contributed by atoms with Crippen LogP contribution in [0.4, 0.5) is 0 Å². The number of carbonyl (C=O) groups is 2. The predicted octanol–water partition coefficient (Wildman–Crippen LogP) is 1.76. The summed E-state index contributed by atoms with van der Waals surface area (Å²) in [5.74, 6) is 0.920. The normalized spacial score (nSPS) is 13.4. The number of aryl methyl sites for hydroxylation is 2. The van der Waals surface area contributed by atoms with Crippen LogP contribution in [0.5, 0.6) is 5.75 Å². The summed E-state index contributed by atoms with van der Waals surface area (Å²) in [5.41, 5.74) is 2.08. The number of ether oxygens (including phenoxy) is 1. The fourth-order valence-corrected chi connectivity index (χ4v) is 3.12. The second kappa shape index (κ2) is 9.21. The van der Waals surface area contributed by atoms with Crippen LogP contribution >= 0.6 is 0 Å². The number of nitrogens with zero attached hydrogens (tertiary/aromatic N) is 3. The molecular weight excluding hydrogens is 344 g/mol. The van der Waals surface area contributed by atoms with Crippen LogP contribution in [-0.2, 0) is 29.1 Å². The van der Waals surface area contributed by atoms with Gasteiger partial charge < -0.3 is 15.0 Å². The van der Waals surface area contributed by atoms with E-state index >= 15 is 0 Å². The first-order valence-corrected chi connectivity index (χ1v) is 9.36. The minimum Gasteiger partial charge on any atom is -0.491 e. The third kappa shape index (κ3) is 5.57. The third-order valence-corrected chi connectivity index (χ3v) is 4.64. The van der Waals surface area contributed by atoms with E-state index in [0.29, 0.717) is 39.1 Å². The van der Waals surface area contributed by atoms with Crippen molar-refractivity contribution in [3.05, 3.63) is 47.8 Å². The van der Waals surface area contributed by atoms with E-state index in [1.165, 1.54) is 0 Å². The molecule has 7 nitrogen and oxygen atoms in total. The Hall–Kier alpha value is -2.83. The van der Waals surface area contributed by atoms with E-state index in [4.69, 9.17) is 4.74 Å². The van der Waals surface area contributed by atoms with Gasteiger partial charge in [-0.3, -0.25) is 14.3 Å². The summed E-state index contributed by atoms with van der Waals surface area (Å²) in [6.07, 6.45) is 5.62. The Kier molecular flexibility index (Phi) is 6.46. The molecule has 1 aromatic carbocycles. The number of rotatable bonds is 7. The fraction of sp³-hybridized carbons (Fsp3) is 0.450. The minimum absolute atomic E-state index is 0.0475. The molecule has 2 aromatic rings. The van der Waals surface area contributed by atoms with E-state index in [2.05, 4.69) is 10.4 Å². The molecule has 1 N–H and O–H groups in total. The standard InChI is InChI=1S/C20H26N4O3/c1-16(25)23-12-13-27-19-6-4-17(14-18(19)15-23)5-7-20(26)21-8-2-10-24-11-3-9-22-24/h3-4,6,9,11,14H,2,5,7-8,10,12-13,15H2,1H3,(H,21,26). The molecule has 2 amide bonds. The summed E-state index contributed by atoms with van der Waals surface area (Å²) >= 11 is 0. The second-order valence-electron chi connectivity index (χ2n) is 6.70. The smallest absolute Gasteiger partial charge is 0.220 e. The Morgan fingerprint density at radius 3 is 3.00 bits per heavy atom. The molecule has 0 spiro atoms. The molecule has 0 bridgehead atoms. The van der Waals surface area contributed by atoms with Gasteiger partial charge in [0.15, 0.2) is 0 Å². The maximum Gasteiger partial charge on any atom is 0.220 e. The highest BCUT2D eigenvalue weighted by Crippen LogP contribution is 2.25. The summed E-state index contributed by atoms with van der Waals surface area (Å²) in [5, 5.41) is 7.09. The van der Waals surface area contributed by atoms with Crippen LogP contribution in [-0.4, -0.2) is 46.2 Å². The van der Waals surface area contributed by atoms with Crippen molar-refractivity contribution < 1.29 is 14.3 Å². The molecule has 1 aromatic heterocycles. The van der Waals surface area contributed by atoms with Crippen LogP contribution in [0.2, 0.25) is 0 Å². The van der Waals surface area contributed by atoms with E-state index in [9.17, 15) is 9.59 Å². The van der Waals surface area contributed by atoms with Crippen molar-refractivity contribution in [1.29, 1.82) is 0 Å². The highest BCUT2D eigenvalue weighted by Gasteiger charge is 2.17. The van der Waals surface area contributed by atoms with Crippen molar-refractivity contribution in [2.75, 3.05) is 19.7 Å². The number of hydrogen-bond donors (Lipinski definition) is 1. The molecule has 0 saturated heterocycles. The van der Waals surface area contributed by atoms with Gasteiger partial charge in [-0.1, -0.05) is 12.1 Å². The Morgan fingerprint density at radius 2 is 2.22 bits per heavy atom. The van der Waals surface area contributed by atoms with Gasteiger partial charge in [0, 0.05) is 50.9 Å². The van der Waals surface area contributed by atoms with Crippen molar-refractivity contribution in [3.63, 3.8) is 0 Å². The number of fused-ring (bicyclic) bond motifs is 1. The van der Waals surface area contributed by atoms with Crippen molar-refractivity contribution in [2.45, 2.75) is 39.3 Å². The molecule has 0 atom stereocenters. The SMILES string of the molecule is CC(=O)N1CCOc2ccc(CCC(=O)NCCCn3cccn3)cc2C1. The lowest BCUT2D eigenvalue weighted by atomic mass is 10.0. The monoisotopic (exact) mass is 370 g/mol. The van der Waals surface area contributed by atoms with E-state index < -0.39 is 0 Å². The summed E-state index contributed by atoms with van der Waals surface area (Å²) in [6.45, 7) is 4.67. The average Bonchev–Trinajstić information content (AvgIpc) is 3.08. The molecule has 1 aliphatic heterocycles. The Labute approximate surface area is 159 Å². The maximum atomic E-state index is 12.1. The van der Waals surface area contributed by atoms with Gasteiger partial charge in [0.05, 0.1) is 6.54 Å². The number of nitrogens with one attached hydrogen (secondary N) is 1. The summed E-state index contributed by atoms with van der Waals surface area (Å²) in [4.78, 5) is 25.5. The van der Waals surface area contributed by atoms with Crippen molar-refractivity contribution >= 4 is 11.8 Å². The first-order chi connectivity index (χ1) is 13.1. The lowest BCUT2D eigenvalue weighted by Gasteiger charge is -2.17. The lowest BCUT2D eigenvalue weighted by Crippen LogP contribution is -2.30. The molecule has 7 heteroatoms. The zero-order valence-corrected chi connectivity index (χ0v) is 15.7. The first kappa shape index (κ1) is 18.9. The maximum absolute atomic E-state index is 12.1. The summed E-state index contributed by atoms with van der Waals surface area (Å²) in [6, 6.07) is 7.87. The largest absolute Gasteiger partial charge is 0.491 e. The van der Waals surface area contributed by atoms with Gasteiger partial charge in [-0.15, -0.1) is 0 Å². The van der Waals surface area contributed by atoms with E-state index in [0.717, 1.165) is 29.8 Å². The molecule has 1 aliphatic rings. The molecule has 0 fully saturated rings. The van der Waals surface area contributed by atoms with Gasteiger partial charge >= 0.3 is 0 Å². The zero-order chi connectivity index (χ0) is 19.1. The number of carbonyl (C=O) groups excluding carboxylic acids is 2. The number of benzene rings is 1. The molecule has 3 rings (SSSR count). The molecule has 0 radical (unpaired) electrons. The van der Waals surface area contributed by atoms with E-state index in [1.54, 1.807) is 18.0 Å². The third-order valence-electron chi connectivity index (χ3n) is 4.64. The van der Waals surface area contributed by atoms with Crippen molar-refractivity contribution in [1.82, 2.24) is 20.0 Å². The van der Waals surface area contributed by atoms with Crippen LogP contribution in [0.15, 0.2) is 36.7 Å². The van der Waals surface area contributed by atoms with Crippen LogP contribution in [0.25, 0.3) is 0 Å². The van der Waals surface area contributed by atoms with Gasteiger partial charge in [0.25, 0.3) is 0 Å². The van der Waals surface area contributed by atoms with E-state index in [-0.39, 0.29) is 11.8 Å². The Bertz CT molecular complexity index is 774. The topological polar surface area (TPSA) is 76.5 Å². The molecule has 0 unspecified atom stereocenters. The van der Waals surface area contributed by atoms with Gasteiger partial charge in [-0.25, -0.2) is 0 Å².